The number of ketones is 1. The van der Waals surface area contributed by atoms with Gasteiger partial charge in [-0.15, -0.1) is 0 Å². The molecule has 0 heterocycles. The molecule has 6 heteroatoms. The zero-order valence-corrected chi connectivity index (χ0v) is 13.0. The number of rotatable bonds is 10. The van der Waals surface area contributed by atoms with E-state index in [1.165, 1.54) is 14.2 Å². The van der Waals surface area contributed by atoms with Gasteiger partial charge in [-0.2, -0.15) is 0 Å². The van der Waals surface area contributed by atoms with Crippen molar-refractivity contribution >= 4 is 11.8 Å². The fraction of sp³-hybridized carbons (Fsp3) is 0.500. The third kappa shape index (κ3) is 6.34. The van der Waals surface area contributed by atoms with Gasteiger partial charge in [0.05, 0.1) is 25.2 Å². The topological polar surface area (TPSA) is 87.9 Å². The minimum absolute atomic E-state index is 0.0218. The van der Waals surface area contributed by atoms with Crippen LogP contribution in [0.4, 0.5) is 0 Å². The van der Waals surface area contributed by atoms with E-state index in [0.29, 0.717) is 0 Å². The van der Waals surface area contributed by atoms with Crippen molar-refractivity contribution in [1.29, 1.82) is 0 Å². The van der Waals surface area contributed by atoms with E-state index in [1.54, 1.807) is 0 Å². The van der Waals surface area contributed by atoms with Crippen LogP contribution in [0.3, 0.4) is 0 Å². The smallest absolute Gasteiger partial charge is 0.312 e. The lowest BCUT2D eigenvalue weighted by atomic mass is 10.00. The third-order valence-corrected chi connectivity index (χ3v) is 3.13. The molecule has 2 N–H and O–H groups in total. The number of hydrogen-bond acceptors (Lipinski definition) is 6. The van der Waals surface area contributed by atoms with Crippen LogP contribution in [-0.2, 0) is 30.4 Å². The van der Waals surface area contributed by atoms with Crippen molar-refractivity contribution in [2.45, 2.75) is 19.1 Å². The van der Waals surface area contributed by atoms with Crippen LogP contribution in [0.15, 0.2) is 30.3 Å². The maximum atomic E-state index is 12.1. The quantitative estimate of drug-likeness (QED) is 0.647. The molecule has 0 amide bonds. The van der Waals surface area contributed by atoms with E-state index in [0.717, 1.165) is 5.56 Å². The first-order chi connectivity index (χ1) is 10.6. The van der Waals surface area contributed by atoms with Crippen molar-refractivity contribution in [1.82, 2.24) is 0 Å². The van der Waals surface area contributed by atoms with Gasteiger partial charge in [0, 0.05) is 20.6 Å². The van der Waals surface area contributed by atoms with Gasteiger partial charge in [0.1, 0.15) is 6.61 Å². The number of hydrogen-bond donors (Lipinski definition) is 1. The molecule has 0 radical (unpaired) electrons. The van der Waals surface area contributed by atoms with Crippen LogP contribution in [0.5, 0.6) is 0 Å². The Morgan fingerprint density at radius 3 is 2.32 bits per heavy atom. The first kappa shape index (κ1) is 18.3. The highest BCUT2D eigenvalue weighted by atomic mass is 16.5. The van der Waals surface area contributed by atoms with Crippen molar-refractivity contribution in [3.05, 3.63) is 35.9 Å². The summed E-state index contributed by atoms with van der Waals surface area (Å²) in [5.74, 6) is -1.38. The molecule has 2 atom stereocenters. The summed E-state index contributed by atoms with van der Waals surface area (Å²) in [6.07, 6.45) is -0.0218. The molecular weight excluding hydrogens is 286 g/mol. The maximum Gasteiger partial charge on any atom is 0.312 e. The van der Waals surface area contributed by atoms with Crippen molar-refractivity contribution in [3.63, 3.8) is 0 Å². The Hall–Kier alpha value is -1.76. The molecule has 0 aliphatic heterocycles. The summed E-state index contributed by atoms with van der Waals surface area (Å²) in [7, 11) is 2.94. The molecule has 0 saturated heterocycles. The molecule has 122 valence electrons. The Kier molecular flexibility index (Phi) is 8.35. The fourth-order valence-corrected chi connectivity index (χ4v) is 1.92. The molecule has 0 aliphatic rings. The second-order valence-corrected chi connectivity index (χ2v) is 4.98. The van der Waals surface area contributed by atoms with E-state index in [4.69, 9.17) is 19.9 Å². The van der Waals surface area contributed by atoms with Gasteiger partial charge in [0.25, 0.3) is 0 Å². The summed E-state index contributed by atoms with van der Waals surface area (Å²) < 4.78 is 15.1. The molecule has 6 nitrogen and oxygen atoms in total. The molecule has 1 rings (SSSR count). The molecule has 0 spiro atoms. The summed E-state index contributed by atoms with van der Waals surface area (Å²) >= 11 is 0. The maximum absolute atomic E-state index is 12.1. The van der Waals surface area contributed by atoms with Crippen LogP contribution in [0.2, 0.25) is 0 Å². The first-order valence-electron chi connectivity index (χ1n) is 7.05. The van der Waals surface area contributed by atoms with Gasteiger partial charge in [-0.25, -0.2) is 0 Å². The van der Waals surface area contributed by atoms with Gasteiger partial charge in [0.15, 0.2) is 5.78 Å². The number of carbonyl (C=O) groups is 2. The average molecular weight is 309 g/mol. The molecule has 0 fully saturated rings. The number of nitrogens with two attached hydrogens (primary N) is 1. The molecule has 22 heavy (non-hydrogen) atoms. The minimum Gasteiger partial charge on any atom is -0.461 e. The van der Waals surface area contributed by atoms with Crippen molar-refractivity contribution < 1.29 is 23.8 Å². The second-order valence-electron chi connectivity index (χ2n) is 4.98. The molecule has 1 aromatic rings. The lowest BCUT2D eigenvalue weighted by molar-refractivity contribution is -0.153. The SMILES string of the molecule is COC[C@H](CC(=O)[C@@H](N)COC)C(=O)OCc1ccccc1. The summed E-state index contributed by atoms with van der Waals surface area (Å²) in [5.41, 5.74) is 6.55. The molecule has 1 aromatic carbocycles. The van der Waals surface area contributed by atoms with Gasteiger partial charge < -0.3 is 19.9 Å². The predicted octanol–water partition coefficient (Wildman–Crippen LogP) is 0.925. The van der Waals surface area contributed by atoms with E-state index in [1.807, 2.05) is 30.3 Å². The highest BCUT2D eigenvalue weighted by molar-refractivity contribution is 5.88. The van der Waals surface area contributed by atoms with Crippen LogP contribution in [0.1, 0.15) is 12.0 Å². The summed E-state index contributed by atoms with van der Waals surface area (Å²) in [5, 5.41) is 0. The largest absolute Gasteiger partial charge is 0.461 e. The van der Waals surface area contributed by atoms with E-state index < -0.39 is 17.9 Å². The lowest BCUT2D eigenvalue weighted by Gasteiger charge is -2.16. The van der Waals surface area contributed by atoms with Crippen molar-refractivity contribution in [3.8, 4) is 0 Å². The van der Waals surface area contributed by atoms with Crippen LogP contribution < -0.4 is 5.73 Å². The highest BCUT2D eigenvalue weighted by Crippen LogP contribution is 2.11. The molecule has 0 aliphatic carbocycles. The van der Waals surface area contributed by atoms with Crippen LogP contribution in [0.25, 0.3) is 0 Å². The average Bonchev–Trinajstić information content (AvgIpc) is 2.53. The standard InChI is InChI=1S/C16H23NO5/c1-20-10-13(8-15(18)14(17)11-21-2)16(19)22-9-12-6-4-3-5-7-12/h3-7,13-14H,8-11,17H2,1-2H3/t13-,14-/m0/s1. The number of methoxy groups -OCH3 is 2. The predicted molar refractivity (Wildman–Crippen MR) is 81.1 cm³/mol. The van der Waals surface area contributed by atoms with Crippen LogP contribution in [-0.4, -0.2) is 45.2 Å². The number of Topliss-reactive ketones (excluding diaryl/α,β-unsaturated/α-hetero) is 1. The van der Waals surface area contributed by atoms with Gasteiger partial charge in [-0.3, -0.25) is 9.59 Å². The Morgan fingerprint density at radius 1 is 1.09 bits per heavy atom. The zero-order chi connectivity index (χ0) is 16.4. The Balaban J connectivity index is 2.54. The van der Waals surface area contributed by atoms with Crippen molar-refractivity contribution in [2.24, 2.45) is 11.7 Å². The Bertz CT molecular complexity index is 463. The number of esters is 1. The van der Waals surface area contributed by atoms with Crippen molar-refractivity contribution in [2.75, 3.05) is 27.4 Å². The Morgan fingerprint density at radius 2 is 1.73 bits per heavy atom. The van der Waals surface area contributed by atoms with E-state index >= 15 is 0 Å². The Labute approximate surface area is 130 Å². The zero-order valence-electron chi connectivity index (χ0n) is 13.0. The number of ether oxygens (including phenoxy) is 3. The molecular formula is C16H23NO5. The summed E-state index contributed by atoms with van der Waals surface area (Å²) in [6, 6.07) is 8.59. The fourth-order valence-electron chi connectivity index (χ4n) is 1.92. The molecule has 0 bridgehead atoms. The molecule has 0 unspecified atom stereocenters. The number of benzene rings is 1. The monoisotopic (exact) mass is 309 g/mol. The summed E-state index contributed by atoms with van der Waals surface area (Å²) in [6.45, 7) is 0.398. The molecule has 0 aromatic heterocycles. The van der Waals surface area contributed by atoms with E-state index in [2.05, 4.69) is 0 Å². The second kappa shape index (κ2) is 10.0. The summed E-state index contributed by atoms with van der Waals surface area (Å²) in [4.78, 5) is 24.0. The minimum atomic E-state index is -0.744. The van der Waals surface area contributed by atoms with Gasteiger partial charge >= 0.3 is 5.97 Å². The van der Waals surface area contributed by atoms with E-state index in [-0.39, 0.29) is 32.0 Å². The van der Waals surface area contributed by atoms with E-state index in [9.17, 15) is 9.59 Å². The van der Waals surface area contributed by atoms with Gasteiger partial charge in [-0.1, -0.05) is 30.3 Å². The van der Waals surface area contributed by atoms with Crippen LogP contribution in [0, 0.1) is 5.92 Å². The third-order valence-electron chi connectivity index (χ3n) is 3.13. The number of carbonyl (C=O) groups excluding carboxylic acids is 2. The molecule has 0 saturated carbocycles. The van der Waals surface area contributed by atoms with Gasteiger partial charge in [-0.05, 0) is 5.56 Å². The normalized spacial score (nSPS) is 13.4. The first-order valence-corrected chi connectivity index (χ1v) is 7.05. The highest BCUT2D eigenvalue weighted by Gasteiger charge is 2.26. The van der Waals surface area contributed by atoms with Gasteiger partial charge in [0.2, 0.25) is 0 Å². The van der Waals surface area contributed by atoms with Crippen LogP contribution >= 0.6 is 0 Å². The lowest BCUT2D eigenvalue weighted by Crippen LogP contribution is -2.38.